The number of nitrogens with zero attached hydrogens (tertiary/aromatic N) is 4. The summed E-state index contributed by atoms with van der Waals surface area (Å²) in [5.41, 5.74) is 1.30. The third-order valence-electron chi connectivity index (χ3n) is 4.41. The molecular formula is C19H16ClFN6O. The number of aromatic nitrogens is 3. The summed E-state index contributed by atoms with van der Waals surface area (Å²) < 4.78 is 14.2. The lowest BCUT2D eigenvalue weighted by atomic mass is 10.1. The minimum Gasteiger partial charge on any atom is -0.364 e. The maximum Gasteiger partial charge on any atom is 0.246 e. The Hall–Kier alpha value is -3.26. The van der Waals surface area contributed by atoms with Crippen LogP contribution in [0, 0.1) is 5.82 Å². The second-order valence-corrected chi connectivity index (χ2v) is 6.71. The molecule has 1 aliphatic heterocycles. The monoisotopic (exact) mass is 398 g/mol. The van der Waals surface area contributed by atoms with E-state index in [-0.39, 0.29) is 22.7 Å². The maximum atomic E-state index is 14.2. The quantitative estimate of drug-likeness (QED) is 0.641. The summed E-state index contributed by atoms with van der Waals surface area (Å²) in [7, 11) is 0. The molecule has 3 aromatic rings. The fourth-order valence-corrected chi connectivity index (χ4v) is 3.10. The van der Waals surface area contributed by atoms with Gasteiger partial charge in [0.2, 0.25) is 5.91 Å². The first kappa shape index (κ1) is 18.1. The van der Waals surface area contributed by atoms with Gasteiger partial charge in [-0.15, -0.1) is 0 Å². The number of carbonyl (C=O) groups excluding carboxylic acids is 1. The Labute approximate surface area is 165 Å². The van der Waals surface area contributed by atoms with Crippen molar-refractivity contribution in [2.24, 2.45) is 0 Å². The van der Waals surface area contributed by atoms with Crippen LogP contribution < -0.4 is 10.6 Å². The fourth-order valence-electron chi connectivity index (χ4n) is 2.93. The van der Waals surface area contributed by atoms with Crippen molar-refractivity contribution in [2.45, 2.75) is 6.04 Å². The standard InChI is InChI=1S/C19H16ClFN6O/c1-2-16(28)27-8-11(9-27)24-15-7-6-14-18(26-15)19(23-10-22-14)25-13-5-3-4-12(20)17(13)21/h2-7,10-11H,1,8-9H2,(H,24,26)(H,22,23,25). The molecule has 1 aromatic carbocycles. The van der Waals surface area contributed by atoms with Gasteiger partial charge >= 0.3 is 0 Å². The minimum atomic E-state index is -0.563. The van der Waals surface area contributed by atoms with Crippen molar-refractivity contribution < 1.29 is 9.18 Å². The Morgan fingerprint density at radius 1 is 1.29 bits per heavy atom. The predicted molar refractivity (Wildman–Crippen MR) is 106 cm³/mol. The van der Waals surface area contributed by atoms with Crippen LogP contribution in [0.25, 0.3) is 11.0 Å². The van der Waals surface area contributed by atoms with Crippen molar-refractivity contribution >= 4 is 45.9 Å². The molecule has 1 aliphatic rings. The maximum absolute atomic E-state index is 14.2. The molecule has 0 radical (unpaired) electrons. The lowest BCUT2D eigenvalue weighted by molar-refractivity contribution is -0.129. The highest BCUT2D eigenvalue weighted by Gasteiger charge is 2.29. The average Bonchev–Trinajstić information content (AvgIpc) is 2.67. The summed E-state index contributed by atoms with van der Waals surface area (Å²) in [4.78, 5) is 26.2. The van der Waals surface area contributed by atoms with Gasteiger partial charge in [-0.05, 0) is 30.3 Å². The summed E-state index contributed by atoms with van der Waals surface area (Å²) in [6.07, 6.45) is 2.68. The number of carbonyl (C=O) groups is 1. The summed E-state index contributed by atoms with van der Waals surface area (Å²) in [5, 5.41) is 6.22. The van der Waals surface area contributed by atoms with E-state index in [0.29, 0.717) is 35.8 Å². The van der Waals surface area contributed by atoms with Gasteiger partial charge in [0.05, 0.1) is 22.3 Å². The van der Waals surface area contributed by atoms with E-state index in [9.17, 15) is 9.18 Å². The van der Waals surface area contributed by atoms with Crippen LogP contribution in [0.15, 0.2) is 49.3 Å². The molecule has 9 heteroatoms. The minimum absolute atomic E-state index is 0.0160. The molecule has 0 bridgehead atoms. The highest BCUT2D eigenvalue weighted by molar-refractivity contribution is 6.31. The number of benzene rings is 1. The normalized spacial score (nSPS) is 13.9. The van der Waals surface area contributed by atoms with Gasteiger partial charge in [0.25, 0.3) is 0 Å². The van der Waals surface area contributed by atoms with E-state index >= 15 is 0 Å². The van der Waals surface area contributed by atoms with Gasteiger partial charge in [-0.2, -0.15) is 0 Å². The van der Waals surface area contributed by atoms with Crippen LogP contribution in [-0.4, -0.2) is 44.9 Å². The smallest absolute Gasteiger partial charge is 0.246 e. The van der Waals surface area contributed by atoms with Gasteiger partial charge in [-0.1, -0.05) is 24.2 Å². The summed E-state index contributed by atoms with van der Waals surface area (Å²) in [6.45, 7) is 4.64. The molecule has 2 N–H and O–H groups in total. The SMILES string of the molecule is C=CC(=O)N1CC(Nc2ccc3ncnc(Nc4cccc(Cl)c4F)c3n2)C1. The summed E-state index contributed by atoms with van der Waals surface area (Å²) in [6, 6.07) is 8.38. The van der Waals surface area contributed by atoms with E-state index in [2.05, 4.69) is 32.2 Å². The van der Waals surface area contributed by atoms with E-state index in [1.165, 1.54) is 18.5 Å². The Bertz CT molecular complexity index is 1070. The Balaban J connectivity index is 1.57. The van der Waals surface area contributed by atoms with Gasteiger partial charge in [0.15, 0.2) is 11.6 Å². The van der Waals surface area contributed by atoms with Crippen molar-refractivity contribution in [3.63, 3.8) is 0 Å². The third-order valence-corrected chi connectivity index (χ3v) is 4.70. The van der Waals surface area contributed by atoms with Crippen molar-refractivity contribution in [1.82, 2.24) is 19.9 Å². The second-order valence-electron chi connectivity index (χ2n) is 6.30. The zero-order chi connectivity index (χ0) is 19.7. The molecule has 2 aromatic heterocycles. The molecule has 28 heavy (non-hydrogen) atoms. The molecule has 7 nitrogen and oxygen atoms in total. The first-order valence-electron chi connectivity index (χ1n) is 8.56. The highest BCUT2D eigenvalue weighted by atomic mass is 35.5. The molecule has 142 valence electrons. The molecule has 0 aliphatic carbocycles. The number of amides is 1. The van der Waals surface area contributed by atoms with Crippen LogP contribution in [0.2, 0.25) is 5.02 Å². The lowest BCUT2D eigenvalue weighted by Gasteiger charge is -2.39. The molecule has 1 amide bonds. The van der Waals surface area contributed by atoms with Gasteiger partial charge < -0.3 is 15.5 Å². The first-order chi connectivity index (χ1) is 13.5. The zero-order valence-electron chi connectivity index (χ0n) is 14.7. The second kappa shape index (κ2) is 7.40. The molecular weight excluding hydrogens is 383 g/mol. The van der Waals surface area contributed by atoms with Gasteiger partial charge in [-0.3, -0.25) is 4.79 Å². The largest absolute Gasteiger partial charge is 0.364 e. The van der Waals surface area contributed by atoms with Gasteiger partial charge in [0.1, 0.15) is 17.7 Å². The van der Waals surface area contributed by atoms with Crippen molar-refractivity contribution in [3.8, 4) is 0 Å². The van der Waals surface area contributed by atoms with Gasteiger partial charge in [-0.25, -0.2) is 19.3 Å². The number of hydrogen-bond donors (Lipinski definition) is 2. The van der Waals surface area contributed by atoms with Crippen LogP contribution >= 0.6 is 11.6 Å². The van der Waals surface area contributed by atoms with Crippen molar-refractivity contribution in [1.29, 1.82) is 0 Å². The van der Waals surface area contributed by atoms with Crippen LogP contribution in [0.1, 0.15) is 0 Å². The number of hydrogen-bond acceptors (Lipinski definition) is 6. The number of anilines is 3. The molecule has 0 spiro atoms. The summed E-state index contributed by atoms with van der Waals surface area (Å²) >= 11 is 5.84. The Morgan fingerprint density at radius 2 is 2.11 bits per heavy atom. The molecule has 0 saturated carbocycles. The van der Waals surface area contributed by atoms with Gasteiger partial charge in [0, 0.05) is 13.1 Å². The van der Waals surface area contributed by atoms with E-state index in [1.54, 1.807) is 29.2 Å². The van der Waals surface area contributed by atoms with Crippen molar-refractivity contribution in [3.05, 3.63) is 60.2 Å². The molecule has 3 heterocycles. The Kier molecular flexibility index (Phi) is 4.79. The topological polar surface area (TPSA) is 83.0 Å². The molecule has 1 fully saturated rings. The number of halogens is 2. The molecule has 1 saturated heterocycles. The first-order valence-corrected chi connectivity index (χ1v) is 8.93. The van der Waals surface area contributed by atoms with Crippen LogP contribution in [0.5, 0.6) is 0 Å². The molecule has 0 atom stereocenters. The molecule has 4 rings (SSSR count). The van der Waals surface area contributed by atoms with Crippen LogP contribution in [-0.2, 0) is 4.79 Å². The summed E-state index contributed by atoms with van der Waals surface area (Å²) in [5.74, 6) is 0.333. The Morgan fingerprint density at radius 3 is 2.89 bits per heavy atom. The van der Waals surface area contributed by atoms with E-state index in [4.69, 9.17) is 11.6 Å². The number of nitrogens with one attached hydrogen (secondary N) is 2. The van der Waals surface area contributed by atoms with E-state index in [1.807, 2.05) is 0 Å². The van der Waals surface area contributed by atoms with Crippen molar-refractivity contribution in [2.75, 3.05) is 23.7 Å². The lowest BCUT2D eigenvalue weighted by Crippen LogP contribution is -2.56. The number of fused-ring (bicyclic) bond motifs is 1. The van der Waals surface area contributed by atoms with E-state index < -0.39 is 5.82 Å². The third kappa shape index (κ3) is 3.46. The highest BCUT2D eigenvalue weighted by Crippen LogP contribution is 2.28. The predicted octanol–water partition coefficient (Wildman–Crippen LogP) is 3.37. The number of likely N-dealkylation sites (tertiary alicyclic amines) is 1. The molecule has 0 unspecified atom stereocenters. The number of rotatable bonds is 5. The fraction of sp³-hybridized carbons (Fsp3) is 0.158. The number of pyridine rings is 1. The van der Waals surface area contributed by atoms with Crippen LogP contribution in [0.4, 0.5) is 21.7 Å². The van der Waals surface area contributed by atoms with E-state index in [0.717, 1.165) is 0 Å². The average molecular weight is 399 g/mol. The van der Waals surface area contributed by atoms with Crippen LogP contribution in [0.3, 0.4) is 0 Å². The zero-order valence-corrected chi connectivity index (χ0v) is 15.4.